The topological polar surface area (TPSA) is 3.24 Å². The third kappa shape index (κ3) is 4.30. The van der Waals surface area contributed by atoms with Crippen molar-refractivity contribution in [3.05, 3.63) is 198 Å². The molecule has 12 rings (SSSR count). The Labute approximate surface area is 334 Å². The number of anilines is 3. The Kier molecular flexibility index (Phi) is 6.64. The predicted molar refractivity (Wildman–Crippen MR) is 242 cm³/mol. The maximum atomic E-state index is 2.53. The molecule has 0 amide bonds. The molecule has 0 unspecified atom stereocenters. The summed E-state index contributed by atoms with van der Waals surface area (Å²) in [7, 11) is 0. The Morgan fingerprint density at radius 2 is 0.964 bits per heavy atom. The number of nitrogens with zero attached hydrogens (tertiary/aromatic N) is 1. The minimum absolute atomic E-state index is 0.109. The van der Waals surface area contributed by atoms with Gasteiger partial charge in [0.2, 0.25) is 0 Å². The third-order valence-corrected chi connectivity index (χ3v) is 15.2. The fourth-order valence-corrected chi connectivity index (χ4v) is 12.4. The van der Waals surface area contributed by atoms with Crippen LogP contribution in [0.2, 0.25) is 0 Å². The van der Waals surface area contributed by atoms with Gasteiger partial charge in [-0.15, -0.1) is 22.7 Å². The molecule has 2 aliphatic carbocycles. The summed E-state index contributed by atoms with van der Waals surface area (Å²) in [6, 6.07) is 64.1. The van der Waals surface area contributed by atoms with E-state index in [1.165, 1.54) is 107 Å². The minimum Gasteiger partial charge on any atom is -0.310 e. The number of benzene rings is 8. The van der Waals surface area contributed by atoms with Crippen molar-refractivity contribution < 1.29 is 0 Å². The molecule has 2 heterocycles. The molecule has 266 valence electrons. The lowest BCUT2D eigenvalue weighted by molar-refractivity contribution is 0.660. The summed E-state index contributed by atoms with van der Waals surface area (Å²) in [5, 5.41) is 5.25. The van der Waals surface area contributed by atoms with Crippen LogP contribution in [-0.4, -0.2) is 0 Å². The molecule has 0 spiro atoms. The monoisotopic (exact) mass is 751 g/mol. The number of fused-ring (bicyclic) bond motifs is 12. The first kappa shape index (κ1) is 32.3. The maximum Gasteiger partial charge on any atom is 0.0554 e. The molecule has 2 aromatic heterocycles. The first-order valence-corrected chi connectivity index (χ1v) is 21.1. The average Bonchev–Trinajstić information content (AvgIpc) is 3.94. The van der Waals surface area contributed by atoms with E-state index >= 15 is 0 Å². The fraction of sp³-hybridized carbons (Fsp3) is 0.0943. The first-order chi connectivity index (χ1) is 27.4. The Hall–Kier alpha value is -6.00. The number of rotatable bonds is 4. The second kappa shape index (κ2) is 11.5. The SMILES string of the molecule is CC1(C)c2ccccc2-c2ccc(N(c3ccc4c(c3)sc3ccccc34)c3cccc4sc5ccc(C6(C)c7ccccc7-c7ccccc76)cc5c34)cc21. The molecular formula is C53H37NS2. The lowest BCUT2D eigenvalue weighted by atomic mass is 9.74. The molecule has 3 heteroatoms. The minimum atomic E-state index is -0.267. The van der Waals surface area contributed by atoms with Crippen molar-refractivity contribution in [3.8, 4) is 22.3 Å². The summed E-state index contributed by atoms with van der Waals surface area (Å²) < 4.78 is 5.24. The third-order valence-electron chi connectivity index (χ3n) is 13.0. The zero-order valence-electron chi connectivity index (χ0n) is 31.4. The molecule has 1 nitrogen and oxygen atoms in total. The van der Waals surface area contributed by atoms with Crippen molar-refractivity contribution in [2.45, 2.75) is 31.6 Å². The summed E-state index contributed by atoms with van der Waals surface area (Å²) in [6.45, 7) is 7.18. The van der Waals surface area contributed by atoms with Gasteiger partial charge < -0.3 is 4.90 Å². The smallest absolute Gasteiger partial charge is 0.0554 e. The largest absolute Gasteiger partial charge is 0.310 e. The number of hydrogen-bond donors (Lipinski definition) is 0. The summed E-state index contributed by atoms with van der Waals surface area (Å²) in [5.74, 6) is 0. The molecule has 0 radical (unpaired) electrons. The summed E-state index contributed by atoms with van der Waals surface area (Å²) in [4.78, 5) is 2.53. The van der Waals surface area contributed by atoms with E-state index in [-0.39, 0.29) is 10.8 Å². The van der Waals surface area contributed by atoms with Gasteiger partial charge >= 0.3 is 0 Å². The Morgan fingerprint density at radius 3 is 1.75 bits per heavy atom. The highest BCUT2D eigenvalue weighted by molar-refractivity contribution is 7.26. The molecule has 8 aromatic carbocycles. The molecule has 10 aromatic rings. The molecular weight excluding hydrogens is 715 g/mol. The fourth-order valence-electron chi connectivity index (χ4n) is 10.2. The molecule has 56 heavy (non-hydrogen) atoms. The van der Waals surface area contributed by atoms with Crippen LogP contribution in [-0.2, 0) is 10.8 Å². The van der Waals surface area contributed by atoms with Crippen molar-refractivity contribution in [1.82, 2.24) is 0 Å². The Bertz CT molecular complexity index is 3220. The van der Waals surface area contributed by atoms with Gasteiger partial charge in [0, 0.05) is 62.5 Å². The van der Waals surface area contributed by atoms with Crippen molar-refractivity contribution in [2.75, 3.05) is 4.90 Å². The van der Waals surface area contributed by atoms with Crippen molar-refractivity contribution in [1.29, 1.82) is 0 Å². The molecule has 0 fully saturated rings. The molecule has 2 aliphatic rings. The van der Waals surface area contributed by atoms with Gasteiger partial charge in [-0.2, -0.15) is 0 Å². The molecule has 0 bridgehead atoms. The van der Waals surface area contributed by atoms with Gasteiger partial charge in [0.25, 0.3) is 0 Å². The standard InChI is InChI=1S/C53H37NS2/c1-52(2)42-17-8-4-13-35(42)38-26-24-33(30-45(38)52)54(34-25-27-40-39-16-7-11-21-47(39)56-50(40)31-34)46-20-12-22-49-51(46)41-29-32(23-28-48(41)55-49)53(3)43-18-9-5-14-36(43)37-15-6-10-19-44(37)53/h4-31H,1-3H3. The maximum absolute atomic E-state index is 2.53. The second-order valence-electron chi connectivity index (χ2n) is 16.2. The Morgan fingerprint density at radius 1 is 0.393 bits per heavy atom. The summed E-state index contributed by atoms with van der Waals surface area (Å²) in [6.07, 6.45) is 0. The number of hydrogen-bond acceptors (Lipinski definition) is 3. The van der Waals surface area contributed by atoms with E-state index in [1.807, 2.05) is 22.7 Å². The van der Waals surface area contributed by atoms with Gasteiger partial charge in [-0.25, -0.2) is 0 Å². The highest BCUT2D eigenvalue weighted by Gasteiger charge is 2.41. The molecule has 0 saturated carbocycles. The Balaban J connectivity index is 1.11. The van der Waals surface area contributed by atoms with Crippen LogP contribution in [0.1, 0.15) is 48.6 Å². The van der Waals surface area contributed by atoms with Crippen LogP contribution < -0.4 is 4.90 Å². The molecule has 0 N–H and O–H groups in total. The van der Waals surface area contributed by atoms with Crippen LogP contribution in [0.15, 0.2) is 170 Å². The molecule has 0 aliphatic heterocycles. The van der Waals surface area contributed by atoms with Gasteiger partial charge in [0.15, 0.2) is 0 Å². The van der Waals surface area contributed by atoms with Crippen molar-refractivity contribution in [3.63, 3.8) is 0 Å². The van der Waals surface area contributed by atoms with Crippen LogP contribution in [0.3, 0.4) is 0 Å². The van der Waals surface area contributed by atoms with E-state index in [9.17, 15) is 0 Å². The zero-order chi connectivity index (χ0) is 37.3. The molecule has 0 atom stereocenters. The van der Waals surface area contributed by atoms with E-state index in [0.29, 0.717) is 0 Å². The lowest BCUT2D eigenvalue weighted by Crippen LogP contribution is -2.22. The van der Waals surface area contributed by atoms with Gasteiger partial charge in [0.1, 0.15) is 0 Å². The van der Waals surface area contributed by atoms with Gasteiger partial charge in [-0.05, 0) is 112 Å². The quantitative estimate of drug-likeness (QED) is 0.173. The zero-order valence-corrected chi connectivity index (χ0v) is 33.1. The second-order valence-corrected chi connectivity index (χ2v) is 18.4. The predicted octanol–water partition coefficient (Wildman–Crippen LogP) is 15.5. The number of thiophene rings is 2. The van der Waals surface area contributed by atoms with E-state index in [0.717, 1.165) is 0 Å². The van der Waals surface area contributed by atoms with E-state index < -0.39 is 0 Å². The van der Waals surface area contributed by atoms with Crippen LogP contribution in [0.25, 0.3) is 62.6 Å². The van der Waals surface area contributed by atoms with Gasteiger partial charge in [-0.3, -0.25) is 0 Å². The summed E-state index contributed by atoms with van der Waals surface area (Å²) >= 11 is 3.78. The van der Waals surface area contributed by atoms with Crippen LogP contribution in [0.4, 0.5) is 17.1 Å². The van der Waals surface area contributed by atoms with Gasteiger partial charge in [-0.1, -0.05) is 129 Å². The van der Waals surface area contributed by atoms with E-state index in [1.54, 1.807) is 0 Å². The van der Waals surface area contributed by atoms with Crippen LogP contribution in [0, 0.1) is 0 Å². The van der Waals surface area contributed by atoms with Crippen molar-refractivity contribution in [2.24, 2.45) is 0 Å². The normalized spacial score (nSPS) is 14.6. The molecule has 0 saturated heterocycles. The first-order valence-electron chi connectivity index (χ1n) is 19.5. The van der Waals surface area contributed by atoms with E-state index in [2.05, 4.69) is 196 Å². The van der Waals surface area contributed by atoms with Crippen LogP contribution >= 0.6 is 22.7 Å². The average molecular weight is 752 g/mol. The van der Waals surface area contributed by atoms with Crippen LogP contribution in [0.5, 0.6) is 0 Å². The van der Waals surface area contributed by atoms with Gasteiger partial charge in [0.05, 0.1) is 5.69 Å². The lowest BCUT2D eigenvalue weighted by Gasteiger charge is -2.29. The highest BCUT2D eigenvalue weighted by atomic mass is 32.1. The highest BCUT2D eigenvalue weighted by Crippen LogP contribution is 2.55. The van der Waals surface area contributed by atoms with E-state index in [4.69, 9.17) is 0 Å². The summed E-state index contributed by atoms with van der Waals surface area (Å²) in [5.41, 5.74) is 15.4. The van der Waals surface area contributed by atoms with Crippen molar-refractivity contribution >= 4 is 80.1 Å².